The highest BCUT2D eigenvalue weighted by molar-refractivity contribution is 7.89. The van der Waals surface area contributed by atoms with Crippen LogP contribution in [-0.2, 0) is 14.8 Å². The van der Waals surface area contributed by atoms with Crippen LogP contribution in [0.25, 0.3) is 0 Å². The molecule has 5 nitrogen and oxygen atoms in total. The van der Waals surface area contributed by atoms with Gasteiger partial charge in [0.1, 0.15) is 5.15 Å². The predicted molar refractivity (Wildman–Crippen MR) is 74.8 cm³/mol. The second-order valence-electron chi connectivity index (χ2n) is 4.34. The van der Waals surface area contributed by atoms with Crippen LogP contribution in [-0.4, -0.2) is 32.7 Å². The monoisotopic (exact) mass is 306 g/mol. The van der Waals surface area contributed by atoms with Crippen molar-refractivity contribution in [3.05, 3.63) is 23.5 Å². The molecule has 0 atom stereocenters. The van der Waals surface area contributed by atoms with E-state index in [2.05, 4.69) is 9.71 Å². The van der Waals surface area contributed by atoms with E-state index in [0.717, 1.165) is 12.8 Å². The third-order valence-corrected chi connectivity index (χ3v) is 3.99. The second kappa shape index (κ2) is 7.79. The molecule has 0 aromatic carbocycles. The van der Waals surface area contributed by atoms with Gasteiger partial charge in [-0.3, -0.25) is 0 Å². The summed E-state index contributed by atoms with van der Waals surface area (Å²) in [7, 11) is -3.50. The zero-order chi connectivity index (χ0) is 14.3. The summed E-state index contributed by atoms with van der Waals surface area (Å²) in [6, 6.07) is 2.74. The molecule has 1 rings (SSSR count). The van der Waals surface area contributed by atoms with Gasteiger partial charge in [-0.2, -0.15) is 0 Å². The number of unbranched alkanes of at least 4 members (excludes halogenated alkanes) is 1. The summed E-state index contributed by atoms with van der Waals surface area (Å²) in [6.45, 7) is 4.95. The topological polar surface area (TPSA) is 68.3 Å². The fourth-order valence-corrected chi connectivity index (χ4v) is 2.71. The van der Waals surface area contributed by atoms with Crippen molar-refractivity contribution in [1.29, 1.82) is 0 Å². The fraction of sp³-hybridized carbons (Fsp3) is 0.583. The average molecular weight is 307 g/mol. The number of nitrogens with zero attached hydrogens (tertiary/aromatic N) is 1. The maximum absolute atomic E-state index is 11.9. The first-order chi connectivity index (χ1) is 8.92. The maximum Gasteiger partial charge on any atom is 0.240 e. The van der Waals surface area contributed by atoms with Gasteiger partial charge in [0.15, 0.2) is 0 Å². The average Bonchev–Trinajstić information content (AvgIpc) is 2.33. The van der Waals surface area contributed by atoms with Crippen molar-refractivity contribution in [2.75, 3.05) is 13.2 Å². The molecule has 0 unspecified atom stereocenters. The molecule has 108 valence electrons. The van der Waals surface area contributed by atoms with Gasteiger partial charge >= 0.3 is 0 Å². The van der Waals surface area contributed by atoms with Crippen molar-refractivity contribution in [2.45, 2.75) is 37.7 Å². The van der Waals surface area contributed by atoms with Crippen molar-refractivity contribution in [3.63, 3.8) is 0 Å². The molecule has 0 aliphatic carbocycles. The van der Waals surface area contributed by atoms with Crippen LogP contribution >= 0.6 is 11.6 Å². The van der Waals surface area contributed by atoms with E-state index in [9.17, 15) is 8.42 Å². The van der Waals surface area contributed by atoms with E-state index >= 15 is 0 Å². The van der Waals surface area contributed by atoms with Crippen LogP contribution in [0.5, 0.6) is 0 Å². The van der Waals surface area contributed by atoms with E-state index < -0.39 is 10.0 Å². The molecule has 0 fully saturated rings. The minimum atomic E-state index is -3.50. The number of pyridine rings is 1. The third kappa shape index (κ3) is 6.33. The lowest BCUT2D eigenvalue weighted by molar-refractivity contribution is 0.0762. The summed E-state index contributed by atoms with van der Waals surface area (Å²) in [6.07, 6.45) is 3.12. The highest BCUT2D eigenvalue weighted by Crippen LogP contribution is 2.12. The molecule has 7 heteroatoms. The molecule has 0 amide bonds. The molecule has 1 heterocycles. The Labute approximate surface area is 119 Å². The van der Waals surface area contributed by atoms with Crippen LogP contribution in [0, 0.1) is 0 Å². The van der Waals surface area contributed by atoms with E-state index in [0.29, 0.717) is 13.2 Å². The highest BCUT2D eigenvalue weighted by atomic mass is 35.5. The smallest absolute Gasteiger partial charge is 0.240 e. The summed E-state index contributed by atoms with van der Waals surface area (Å²) in [5.74, 6) is 0. The Hall–Kier alpha value is -0.690. The summed E-state index contributed by atoms with van der Waals surface area (Å²) in [4.78, 5) is 3.88. The number of halogens is 1. The first kappa shape index (κ1) is 16.4. The Balaban J connectivity index is 2.36. The molecule has 0 saturated carbocycles. The number of hydrogen-bond acceptors (Lipinski definition) is 4. The number of nitrogens with one attached hydrogen (secondary N) is 1. The van der Waals surface area contributed by atoms with Gasteiger partial charge in [-0.05, 0) is 38.8 Å². The van der Waals surface area contributed by atoms with Crippen LogP contribution < -0.4 is 4.72 Å². The minimum absolute atomic E-state index is 0.130. The first-order valence-electron chi connectivity index (χ1n) is 6.14. The van der Waals surface area contributed by atoms with Crippen LogP contribution in [0.4, 0.5) is 0 Å². The molecule has 0 radical (unpaired) electrons. The van der Waals surface area contributed by atoms with Crippen molar-refractivity contribution in [1.82, 2.24) is 9.71 Å². The lowest BCUT2D eigenvalue weighted by Gasteiger charge is -2.08. The molecular weight excluding hydrogens is 288 g/mol. The zero-order valence-electron chi connectivity index (χ0n) is 11.1. The molecule has 1 aromatic heterocycles. The second-order valence-corrected chi connectivity index (χ2v) is 6.49. The molecule has 0 bridgehead atoms. The van der Waals surface area contributed by atoms with E-state index in [-0.39, 0.29) is 16.2 Å². The summed E-state index contributed by atoms with van der Waals surface area (Å²) < 4.78 is 31.7. The minimum Gasteiger partial charge on any atom is -0.379 e. The maximum atomic E-state index is 11.9. The van der Waals surface area contributed by atoms with Gasteiger partial charge in [-0.25, -0.2) is 18.1 Å². The van der Waals surface area contributed by atoms with E-state index in [1.807, 2.05) is 13.8 Å². The molecule has 1 N–H and O–H groups in total. The van der Waals surface area contributed by atoms with Gasteiger partial charge in [-0.1, -0.05) is 11.6 Å². The molecule has 0 spiro atoms. The van der Waals surface area contributed by atoms with E-state index in [1.54, 1.807) is 0 Å². The van der Waals surface area contributed by atoms with Crippen LogP contribution in [0.15, 0.2) is 23.2 Å². The zero-order valence-corrected chi connectivity index (χ0v) is 12.7. The van der Waals surface area contributed by atoms with Gasteiger partial charge in [0.25, 0.3) is 0 Å². The largest absolute Gasteiger partial charge is 0.379 e. The van der Waals surface area contributed by atoms with Crippen molar-refractivity contribution in [2.24, 2.45) is 0 Å². The predicted octanol–water partition coefficient (Wildman–Crippen LogP) is 2.22. The van der Waals surface area contributed by atoms with Crippen LogP contribution in [0.2, 0.25) is 5.15 Å². The van der Waals surface area contributed by atoms with Crippen molar-refractivity contribution >= 4 is 21.6 Å². The fourth-order valence-electron chi connectivity index (χ4n) is 1.39. The Morgan fingerprint density at radius 3 is 2.79 bits per heavy atom. The number of hydrogen-bond donors (Lipinski definition) is 1. The Bertz CT molecular complexity index is 492. The Kier molecular flexibility index (Phi) is 6.71. The van der Waals surface area contributed by atoms with E-state index in [4.69, 9.17) is 16.3 Å². The first-order valence-corrected chi connectivity index (χ1v) is 8.01. The lowest BCUT2D eigenvalue weighted by Crippen LogP contribution is -2.25. The van der Waals surface area contributed by atoms with Gasteiger partial charge in [0.05, 0.1) is 11.0 Å². The summed E-state index contributed by atoms with van der Waals surface area (Å²) in [5.41, 5.74) is 0. The van der Waals surface area contributed by atoms with Gasteiger partial charge in [0.2, 0.25) is 10.0 Å². The Morgan fingerprint density at radius 2 is 2.16 bits per heavy atom. The quantitative estimate of drug-likeness (QED) is 0.590. The highest BCUT2D eigenvalue weighted by Gasteiger charge is 2.13. The van der Waals surface area contributed by atoms with Gasteiger partial charge in [-0.15, -0.1) is 0 Å². The molecule has 1 aromatic rings. The number of rotatable bonds is 8. The van der Waals surface area contributed by atoms with Gasteiger partial charge < -0.3 is 4.74 Å². The summed E-state index contributed by atoms with van der Waals surface area (Å²) >= 11 is 5.66. The summed E-state index contributed by atoms with van der Waals surface area (Å²) in [5, 5.41) is 0.160. The number of aromatic nitrogens is 1. The molecular formula is C12H19ClN2O3S. The molecule has 0 aliphatic rings. The van der Waals surface area contributed by atoms with Crippen molar-refractivity contribution < 1.29 is 13.2 Å². The SMILES string of the molecule is CC(C)OCCCCNS(=O)(=O)c1ccnc(Cl)c1. The van der Waals surface area contributed by atoms with Crippen molar-refractivity contribution in [3.8, 4) is 0 Å². The number of ether oxygens (including phenoxy) is 1. The third-order valence-electron chi connectivity index (χ3n) is 2.32. The van der Waals surface area contributed by atoms with E-state index in [1.165, 1.54) is 18.3 Å². The van der Waals surface area contributed by atoms with Crippen LogP contribution in [0.3, 0.4) is 0 Å². The normalized spacial score (nSPS) is 12.0. The standard InChI is InChI=1S/C12H19ClN2O3S/c1-10(2)18-8-4-3-6-15-19(16,17)11-5-7-14-12(13)9-11/h5,7,9-10,15H,3-4,6,8H2,1-2H3. The van der Waals surface area contributed by atoms with Gasteiger partial charge in [0, 0.05) is 19.3 Å². The molecule has 19 heavy (non-hydrogen) atoms. The Morgan fingerprint density at radius 1 is 1.42 bits per heavy atom. The molecule has 0 aliphatic heterocycles. The number of sulfonamides is 1. The lowest BCUT2D eigenvalue weighted by atomic mass is 10.3. The van der Waals surface area contributed by atoms with Crippen LogP contribution in [0.1, 0.15) is 26.7 Å². The molecule has 0 saturated heterocycles.